The Labute approximate surface area is 137 Å². The number of pyridine rings is 1. The molecule has 0 fully saturated rings. The molecular weight excluding hydrogens is 315 g/mol. The average Bonchev–Trinajstić information content (AvgIpc) is 3.03. The molecule has 0 saturated heterocycles. The maximum absolute atomic E-state index is 12.9. The molecule has 0 amide bonds. The van der Waals surface area contributed by atoms with E-state index in [1.54, 1.807) is 25.4 Å². The predicted molar refractivity (Wildman–Crippen MR) is 87.2 cm³/mol. The summed E-state index contributed by atoms with van der Waals surface area (Å²) < 4.78 is 18.1. The first-order chi connectivity index (χ1) is 11.2. The number of nitrogens with zero attached hydrogens (tertiary/aromatic N) is 3. The highest BCUT2D eigenvalue weighted by atomic mass is 32.1. The van der Waals surface area contributed by atoms with Gasteiger partial charge in [0.05, 0.1) is 7.11 Å². The number of halogens is 1. The van der Waals surface area contributed by atoms with E-state index in [1.165, 1.54) is 23.5 Å². The van der Waals surface area contributed by atoms with E-state index in [9.17, 15) is 4.39 Å². The number of hydrogen-bond acceptors (Lipinski definition) is 6. The van der Waals surface area contributed by atoms with Gasteiger partial charge in [-0.15, -0.1) is 10.2 Å². The average molecular weight is 330 g/mol. The van der Waals surface area contributed by atoms with Crippen LogP contribution in [0.2, 0.25) is 0 Å². The molecule has 0 aliphatic heterocycles. The first-order valence-corrected chi connectivity index (χ1v) is 7.85. The third-order valence-corrected chi connectivity index (χ3v) is 4.09. The van der Waals surface area contributed by atoms with E-state index >= 15 is 0 Å². The summed E-state index contributed by atoms with van der Waals surface area (Å²) in [6, 6.07) is 10.2. The van der Waals surface area contributed by atoms with E-state index in [1.807, 2.05) is 12.1 Å². The van der Waals surface area contributed by atoms with E-state index in [0.29, 0.717) is 18.8 Å². The molecule has 0 radical (unpaired) electrons. The van der Waals surface area contributed by atoms with Crippen molar-refractivity contribution in [1.82, 2.24) is 15.2 Å². The Morgan fingerprint density at radius 2 is 2.00 bits per heavy atom. The van der Waals surface area contributed by atoms with E-state index < -0.39 is 0 Å². The van der Waals surface area contributed by atoms with Crippen molar-refractivity contribution in [2.24, 2.45) is 0 Å². The Hall–Kier alpha value is -2.54. The van der Waals surface area contributed by atoms with Crippen LogP contribution in [0.25, 0.3) is 0 Å². The molecule has 0 unspecified atom stereocenters. The quantitative estimate of drug-likeness (QED) is 0.751. The lowest BCUT2D eigenvalue weighted by atomic mass is 10.2. The largest absolute Gasteiger partial charge is 0.481 e. The summed E-state index contributed by atoms with van der Waals surface area (Å²) >= 11 is 1.48. The van der Waals surface area contributed by atoms with Gasteiger partial charge in [0, 0.05) is 24.7 Å². The zero-order chi connectivity index (χ0) is 16.1. The van der Waals surface area contributed by atoms with Crippen molar-refractivity contribution >= 4 is 16.5 Å². The Balaban J connectivity index is 1.62. The van der Waals surface area contributed by atoms with E-state index in [4.69, 9.17) is 4.74 Å². The zero-order valence-electron chi connectivity index (χ0n) is 12.5. The summed E-state index contributed by atoms with van der Waals surface area (Å²) in [6.07, 6.45) is 2.32. The first kappa shape index (κ1) is 15.4. The van der Waals surface area contributed by atoms with Gasteiger partial charge >= 0.3 is 0 Å². The zero-order valence-corrected chi connectivity index (χ0v) is 13.3. The van der Waals surface area contributed by atoms with E-state index in [0.717, 1.165) is 21.3 Å². The SMILES string of the molecule is COc1ncccc1CNc1nnc(Cc2ccc(F)cc2)s1. The van der Waals surface area contributed by atoms with Gasteiger partial charge in [-0.05, 0) is 23.8 Å². The first-order valence-electron chi connectivity index (χ1n) is 7.03. The smallest absolute Gasteiger partial charge is 0.218 e. The third kappa shape index (κ3) is 4.01. The third-order valence-electron chi connectivity index (χ3n) is 3.21. The lowest BCUT2D eigenvalue weighted by Gasteiger charge is -2.06. The minimum absolute atomic E-state index is 0.237. The maximum atomic E-state index is 12.9. The van der Waals surface area contributed by atoms with Gasteiger partial charge in [-0.3, -0.25) is 0 Å². The maximum Gasteiger partial charge on any atom is 0.218 e. The molecule has 118 valence electrons. The normalized spacial score (nSPS) is 10.5. The van der Waals surface area contributed by atoms with Gasteiger partial charge in [-0.2, -0.15) is 0 Å². The van der Waals surface area contributed by atoms with Gasteiger partial charge < -0.3 is 10.1 Å². The number of anilines is 1. The second kappa shape index (κ2) is 7.15. The van der Waals surface area contributed by atoms with E-state index in [-0.39, 0.29) is 5.82 Å². The lowest BCUT2D eigenvalue weighted by Crippen LogP contribution is -2.02. The van der Waals surface area contributed by atoms with Crippen LogP contribution in [-0.2, 0) is 13.0 Å². The molecule has 1 N–H and O–H groups in total. The summed E-state index contributed by atoms with van der Waals surface area (Å²) in [5.74, 6) is 0.356. The topological polar surface area (TPSA) is 59.9 Å². The summed E-state index contributed by atoms with van der Waals surface area (Å²) in [7, 11) is 1.59. The molecule has 0 atom stereocenters. The minimum atomic E-state index is -0.237. The van der Waals surface area contributed by atoms with Crippen LogP contribution in [-0.4, -0.2) is 22.3 Å². The molecule has 0 bridgehead atoms. The summed E-state index contributed by atoms with van der Waals surface area (Å²) in [4.78, 5) is 4.15. The summed E-state index contributed by atoms with van der Waals surface area (Å²) in [5.41, 5.74) is 1.95. The molecule has 3 rings (SSSR count). The molecule has 0 aliphatic rings. The number of rotatable bonds is 6. The molecule has 2 aromatic heterocycles. The van der Waals surface area contributed by atoms with Crippen molar-refractivity contribution in [3.8, 4) is 5.88 Å². The van der Waals surface area contributed by atoms with Gasteiger partial charge in [0.1, 0.15) is 10.8 Å². The van der Waals surface area contributed by atoms with Crippen LogP contribution in [0.1, 0.15) is 16.1 Å². The Bertz CT molecular complexity index is 776. The van der Waals surface area contributed by atoms with Gasteiger partial charge in [-0.25, -0.2) is 9.37 Å². The Kier molecular flexibility index (Phi) is 4.77. The van der Waals surface area contributed by atoms with Crippen molar-refractivity contribution in [3.63, 3.8) is 0 Å². The highest BCUT2D eigenvalue weighted by Crippen LogP contribution is 2.21. The standard InChI is InChI=1S/C16H15FN4OS/c1-22-15-12(3-2-8-18-15)10-19-16-21-20-14(23-16)9-11-4-6-13(17)7-5-11/h2-8H,9-10H2,1H3,(H,19,21). The second-order valence-electron chi connectivity index (χ2n) is 4.83. The highest BCUT2D eigenvalue weighted by molar-refractivity contribution is 7.15. The Morgan fingerprint density at radius 1 is 1.17 bits per heavy atom. The molecular formula is C16H15FN4OS. The molecule has 23 heavy (non-hydrogen) atoms. The summed E-state index contributed by atoms with van der Waals surface area (Å²) in [6.45, 7) is 0.558. The minimum Gasteiger partial charge on any atom is -0.481 e. The van der Waals surface area contributed by atoms with Crippen LogP contribution < -0.4 is 10.1 Å². The van der Waals surface area contributed by atoms with Crippen LogP contribution >= 0.6 is 11.3 Å². The fourth-order valence-electron chi connectivity index (χ4n) is 2.09. The van der Waals surface area contributed by atoms with Gasteiger partial charge in [0.2, 0.25) is 11.0 Å². The van der Waals surface area contributed by atoms with Crippen LogP contribution in [0.15, 0.2) is 42.6 Å². The molecule has 2 heterocycles. The fourth-order valence-corrected chi connectivity index (χ4v) is 2.86. The predicted octanol–water partition coefficient (Wildman–Crippen LogP) is 3.28. The van der Waals surface area contributed by atoms with Crippen LogP contribution in [0.4, 0.5) is 9.52 Å². The van der Waals surface area contributed by atoms with Gasteiger partial charge in [0.15, 0.2) is 0 Å². The van der Waals surface area contributed by atoms with Crippen molar-refractivity contribution in [2.45, 2.75) is 13.0 Å². The van der Waals surface area contributed by atoms with Crippen molar-refractivity contribution in [2.75, 3.05) is 12.4 Å². The number of benzene rings is 1. The Morgan fingerprint density at radius 3 is 2.78 bits per heavy atom. The fraction of sp³-hybridized carbons (Fsp3) is 0.188. The van der Waals surface area contributed by atoms with E-state index in [2.05, 4.69) is 20.5 Å². The van der Waals surface area contributed by atoms with Crippen LogP contribution in [0.5, 0.6) is 5.88 Å². The molecule has 3 aromatic rings. The van der Waals surface area contributed by atoms with Crippen molar-refractivity contribution in [3.05, 3.63) is 64.5 Å². The highest BCUT2D eigenvalue weighted by Gasteiger charge is 2.07. The molecule has 0 spiro atoms. The van der Waals surface area contributed by atoms with Crippen LogP contribution in [0.3, 0.4) is 0 Å². The van der Waals surface area contributed by atoms with Crippen molar-refractivity contribution in [1.29, 1.82) is 0 Å². The number of methoxy groups -OCH3 is 1. The van der Waals surface area contributed by atoms with Crippen molar-refractivity contribution < 1.29 is 9.13 Å². The number of ether oxygens (including phenoxy) is 1. The molecule has 0 saturated carbocycles. The number of hydrogen-bond donors (Lipinski definition) is 1. The van der Waals surface area contributed by atoms with Gasteiger partial charge in [-0.1, -0.05) is 29.5 Å². The molecule has 5 nitrogen and oxygen atoms in total. The number of aromatic nitrogens is 3. The number of nitrogens with one attached hydrogen (secondary N) is 1. The van der Waals surface area contributed by atoms with Crippen LogP contribution in [0, 0.1) is 5.82 Å². The monoisotopic (exact) mass is 330 g/mol. The second-order valence-corrected chi connectivity index (χ2v) is 5.89. The molecule has 1 aromatic carbocycles. The molecule has 7 heteroatoms. The summed E-state index contributed by atoms with van der Waals surface area (Å²) in [5, 5.41) is 13.1. The van der Waals surface area contributed by atoms with Gasteiger partial charge in [0.25, 0.3) is 0 Å². The lowest BCUT2D eigenvalue weighted by molar-refractivity contribution is 0.393. The molecule has 0 aliphatic carbocycles.